The Morgan fingerprint density at radius 2 is 1.68 bits per heavy atom. The molecule has 0 bridgehead atoms. The molecule has 160 valence electrons. The van der Waals surface area contributed by atoms with Crippen LogP contribution in [0.1, 0.15) is 63.1 Å². The summed E-state index contributed by atoms with van der Waals surface area (Å²) in [4.78, 5) is 10.8. The molecule has 0 heterocycles. The molecule has 2 nitrogen and oxygen atoms in total. The highest BCUT2D eigenvalue weighted by molar-refractivity contribution is 5.69. The SMILES string of the molecule is CC1(C)CC2(C1)c1cc(-c3ccc(CCCC(=O)O)cc3)ccc1C1(C)C=CC=CC12. The minimum Gasteiger partial charge on any atom is -0.481 e. The second-order valence-electron chi connectivity index (χ2n) is 10.9. The molecule has 31 heavy (non-hydrogen) atoms. The molecule has 0 amide bonds. The van der Waals surface area contributed by atoms with Crippen LogP contribution in [0.15, 0.2) is 66.8 Å². The van der Waals surface area contributed by atoms with Gasteiger partial charge in [-0.3, -0.25) is 4.79 Å². The number of carboxylic acid groups (broad SMARTS) is 1. The number of aliphatic carboxylic acids is 1. The summed E-state index contributed by atoms with van der Waals surface area (Å²) in [6, 6.07) is 15.8. The van der Waals surface area contributed by atoms with Gasteiger partial charge in [0.25, 0.3) is 0 Å². The van der Waals surface area contributed by atoms with Crippen LogP contribution in [0.25, 0.3) is 11.1 Å². The fourth-order valence-electron chi connectivity index (χ4n) is 6.90. The molecule has 2 heteroatoms. The number of rotatable bonds is 5. The van der Waals surface area contributed by atoms with Gasteiger partial charge in [-0.05, 0) is 64.8 Å². The lowest BCUT2D eigenvalue weighted by atomic mass is 9.47. The van der Waals surface area contributed by atoms with Crippen molar-refractivity contribution in [3.63, 3.8) is 0 Å². The van der Waals surface area contributed by atoms with Crippen LogP contribution in [-0.4, -0.2) is 11.1 Å². The van der Waals surface area contributed by atoms with E-state index >= 15 is 0 Å². The van der Waals surface area contributed by atoms with Crippen molar-refractivity contribution in [3.05, 3.63) is 83.5 Å². The summed E-state index contributed by atoms with van der Waals surface area (Å²) in [5.74, 6) is -0.179. The number of aryl methyl sites for hydroxylation is 1. The molecule has 1 N–H and O–H groups in total. The van der Waals surface area contributed by atoms with Gasteiger partial charge in [-0.1, -0.05) is 87.5 Å². The quantitative estimate of drug-likeness (QED) is 0.584. The van der Waals surface area contributed by atoms with Gasteiger partial charge in [-0.25, -0.2) is 0 Å². The number of carbonyl (C=O) groups is 1. The van der Waals surface area contributed by atoms with Gasteiger partial charge in [-0.15, -0.1) is 0 Å². The zero-order valence-electron chi connectivity index (χ0n) is 18.8. The van der Waals surface area contributed by atoms with Crippen molar-refractivity contribution in [3.8, 4) is 11.1 Å². The Hall–Kier alpha value is -2.61. The van der Waals surface area contributed by atoms with Gasteiger partial charge in [0.05, 0.1) is 0 Å². The van der Waals surface area contributed by atoms with E-state index in [1.807, 2.05) is 0 Å². The van der Waals surface area contributed by atoms with Gasteiger partial charge >= 0.3 is 5.97 Å². The molecule has 0 aromatic heterocycles. The minimum atomic E-state index is -0.721. The van der Waals surface area contributed by atoms with Crippen LogP contribution >= 0.6 is 0 Å². The number of allylic oxidation sites excluding steroid dienone is 4. The van der Waals surface area contributed by atoms with Crippen LogP contribution in [0.2, 0.25) is 0 Å². The zero-order valence-corrected chi connectivity index (χ0v) is 18.8. The zero-order chi connectivity index (χ0) is 21.9. The first-order valence-corrected chi connectivity index (χ1v) is 11.6. The van der Waals surface area contributed by atoms with Crippen LogP contribution in [-0.2, 0) is 22.0 Å². The van der Waals surface area contributed by atoms with Gasteiger partial charge in [0, 0.05) is 17.3 Å². The smallest absolute Gasteiger partial charge is 0.303 e. The molecule has 0 saturated heterocycles. The molecule has 3 aliphatic rings. The van der Waals surface area contributed by atoms with E-state index in [1.54, 1.807) is 5.56 Å². The molecule has 3 aliphatic carbocycles. The Bertz CT molecular complexity index is 1080. The average Bonchev–Trinajstić information content (AvgIpc) is 2.93. The van der Waals surface area contributed by atoms with Gasteiger partial charge in [0.2, 0.25) is 0 Å². The van der Waals surface area contributed by atoms with E-state index in [0.29, 0.717) is 17.8 Å². The van der Waals surface area contributed by atoms with E-state index < -0.39 is 5.97 Å². The van der Waals surface area contributed by atoms with E-state index in [9.17, 15) is 4.79 Å². The molecular weight excluding hydrogens is 380 g/mol. The Morgan fingerprint density at radius 1 is 0.968 bits per heavy atom. The Labute approximate surface area is 185 Å². The van der Waals surface area contributed by atoms with Crippen LogP contribution < -0.4 is 0 Å². The number of hydrogen-bond acceptors (Lipinski definition) is 1. The third-order valence-corrected chi connectivity index (χ3v) is 7.97. The average molecular weight is 413 g/mol. The van der Waals surface area contributed by atoms with Crippen molar-refractivity contribution in [2.75, 3.05) is 0 Å². The topological polar surface area (TPSA) is 37.3 Å². The Balaban J connectivity index is 1.48. The van der Waals surface area contributed by atoms with Crippen molar-refractivity contribution < 1.29 is 9.90 Å². The molecule has 1 spiro atoms. The summed E-state index contributed by atoms with van der Waals surface area (Å²) in [6.07, 6.45) is 13.6. The number of carboxylic acids is 1. The first-order chi connectivity index (χ1) is 14.7. The fourth-order valence-corrected chi connectivity index (χ4v) is 6.90. The summed E-state index contributed by atoms with van der Waals surface area (Å²) in [5, 5.41) is 8.85. The second-order valence-corrected chi connectivity index (χ2v) is 10.9. The van der Waals surface area contributed by atoms with Crippen molar-refractivity contribution in [1.29, 1.82) is 0 Å². The maximum absolute atomic E-state index is 10.8. The predicted octanol–water partition coefficient (Wildman–Crippen LogP) is 6.83. The largest absolute Gasteiger partial charge is 0.481 e. The van der Waals surface area contributed by atoms with Crippen molar-refractivity contribution >= 4 is 5.97 Å². The lowest BCUT2D eigenvalue weighted by Gasteiger charge is -2.56. The normalized spacial score (nSPS) is 26.4. The molecule has 2 aromatic carbocycles. The molecule has 2 unspecified atom stereocenters. The lowest BCUT2D eigenvalue weighted by molar-refractivity contribution is -0.137. The standard InChI is InChI=1S/C29H32O2/c1-27(2)18-29(19-27)24-17-22(14-15-23(24)28(3)16-5-4-8-25(28)29)21-12-10-20(11-13-21)7-6-9-26(30)31/h4-5,8,10-17,25H,6-7,9,18-19H2,1-3H3,(H,30,31). The first kappa shape index (κ1) is 20.3. The summed E-state index contributed by atoms with van der Waals surface area (Å²) in [6.45, 7) is 7.23. The van der Waals surface area contributed by atoms with E-state index in [0.717, 1.165) is 6.42 Å². The summed E-state index contributed by atoms with van der Waals surface area (Å²) < 4.78 is 0. The van der Waals surface area contributed by atoms with E-state index in [-0.39, 0.29) is 17.3 Å². The molecule has 5 rings (SSSR count). The van der Waals surface area contributed by atoms with Gasteiger partial charge in [0.15, 0.2) is 0 Å². The van der Waals surface area contributed by atoms with E-state index in [1.165, 1.54) is 35.1 Å². The van der Waals surface area contributed by atoms with E-state index in [2.05, 4.69) is 87.5 Å². The molecule has 0 aliphatic heterocycles. The van der Waals surface area contributed by atoms with E-state index in [4.69, 9.17) is 5.11 Å². The van der Waals surface area contributed by atoms with Crippen LogP contribution in [0.3, 0.4) is 0 Å². The third-order valence-electron chi connectivity index (χ3n) is 7.97. The van der Waals surface area contributed by atoms with Crippen LogP contribution in [0.4, 0.5) is 0 Å². The number of hydrogen-bond donors (Lipinski definition) is 1. The predicted molar refractivity (Wildman–Crippen MR) is 126 cm³/mol. The Morgan fingerprint density at radius 3 is 2.35 bits per heavy atom. The number of benzene rings is 2. The summed E-state index contributed by atoms with van der Waals surface area (Å²) in [5.41, 5.74) is 7.54. The summed E-state index contributed by atoms with van der Waals surface area (Å²) >= 11 is 0. The second kappa shape index (κ2) is 6.95. The summed E-state index contributed by atoms with van der Waals surface area (Å²) in [7, 11) is 0. The molecule has 1 saturated carbocycles. The monoisotopic (exact) mass is 412 g/mol. The van der Waals surface area contributed by atoms with Gasteiger partial charge in [0.1, 0.15) is 0 Å². The van der Waals surface area contributed by atoms with Crippen molar-refractivity contribution in [2.45, 2.75) is 63.7 Å². The molecule has 2 aromatic rings. The molecular formula is C29H32O2. The highest BCUT2D eigenvalue weighted by Gasteiger charge is 2.63. The highest BCUT2D eigenvalue weighted by atomic mass is 16.4. The van der Waals surface area contributed by atoms with Gasteiger partial charge < -0.3 is 5.11 Å². The first-order valence-electron chi connectivity index (χ1n) is 11.6. The van der Waals surface area contributed by atoms with Crippen molar-refractivity contribution in [1.82, 2.24) is 0 Å². The van der Waals surface area contributed by atoms with Crippen molar-refractivity contribution in [2.24, 2.45) is 11.3 Å². The maximum atomic E-state index is 10.8. The highest BCUT2D eigenvalue weighted by Crippen LogP contribution is 2.69. The molecule has 0 radical (unpaired) electrons. The Kier molecular flexibility index (Phi) is 4.55. The van der Waals surface area contributed by atoms with Crippen LogP contribution in [0, 0.1) is 11.3 Å². The molecule has 2 atom stereocenters. The fraction of sp³-hybridized carbons (Fsp3) is 0.414. The third kappa shape index (κ3) is 3.19. The minimum absolute atomic E-state index is 0.0904. The molecule has 1 fully saturated rings. The maximum Gasteiger partial charge on any atom is 0.303 e. The van der Waals surface area contributed by atoms with Crippen LogP contribution in [0.5, 0.6) is 0 Å². The lowest BCUT2D eigenvalue weighted by Crippen LogP contribution is -2.51. The van der Waals surface area contributed by atoms with Gasteiger partial charge in [-0.2, -0.15) is 0 Å². The number of fused-ring (bicyclic) bond motifs is 5.